The number of H-pyrrole nitrogens is 1. The molecule has 0 aromatic carbocycles. The van der Waals surface area contributed by atoms with Gasteiger partial charge in [-0.1, -0.05) is 6.42 Å². The summed E-state index contributed by atoms with van der Waals surface area (Å²) in [6.45, 7) is 4.06. The smallest absolute Gasteiger partial charge is 0.305 e. The van der Waals surface area contributed by atoms with Crippen LogP contribution in [0.2, 0.25) is 0 Å². The average molecular weight is 347 g/mol. The molecule has 1 aromatic rings. The first-order valence-corrected chi connectivity index (χ1v) is 8.36. The molecule has 7 heteroatoms. The molecule has 1 aromatic heterocycles. The van der Waals surface area contributed by atoms with E-state index in [9.17, 15) is 14.4 Å². The molecule has 0 aliphatic carbocycles. The van der Waals surface area contributed by atoms with E-state index in [0.29, 0.717) is 37.1 Å². The third-order valence-electron chi connectivity index (χ3n) is 4.13. The summed E-state index contributed by atoms with van der Waals surface area (Å²) in [5.41, 5.74) is 1.88. The Morgan fingerprint density at radius 3 is 2.56 bits per heavy atom. The summed E-state index contributed by atoms with van der Waals surface area (Å²) in [4.78, 5) is 37.2. The normalized spacial score (nSPS) is 10.2. The van der Waals surface area contributed by atoms with Crippen LogP contribution in [0.5, 0.6) is 0 Å². The standard InChI is InChI=1S/C18H25N3O4/c1-12-14(13(2)21-18(24)15(12)11-19)8-9-16(22)20-10-6-4-5-7-17(23)25-3/h4-10H2,1-3H3,(H,20,22)(H,21,24). The van der Waals surface area contributed by atoms with Crippen molar-refractivity contribution in [3.8, 4) is 6.07 Å². The number of hydrogen-bond acceptors (Lipinski definition) is 5. The number of carbonyl (C=O) groups is 2. The number of rotatable bonds is 9. The largest absolute Gasteiger partial charge is 0.469 e. The van der Waals surface area contributed by atoms with Gasteiger partial charge in [-0.25, -0.2) is 0 Å². The Hall–Kier alpha value is -2.62. The van der Waals surface area contributed by atoms with Crippen molar-refractivity contribution in [1.82, 2.24) is 10.3 Å². The van der Waals surface area contributed by atoms with Gasteiger partial charge >= 0.3 is 5.97 Å². The van der Waals surface area contributed by atoms with E-state index in [2.05, 4.69) is 15.0 Å². The number of ether oxygens (including phenoxy) is 1. The van der Waals surface area contributed by atoms with Crippen molar-refractivity contribution < 1.29 is 14.3 Å². The van der Waals surface area contributed by atoms with E-state index in [1.165, 1.54) is 7.11 Å². The summed E-state index contributed by atoms with van der Waals surface area (Å²) in [7, 11) is 1.37. The Bertz CT molecular complexity index is 716. The van der Waals surface area contributed by atoms with Crippen LogP contribution >= 0.6 is 0 Å². The quantitative estimate of drug-likeness (QED) is 0.521. The van der Waals surface area contributed by atoms with Gasteiger partial charge in [0.15, 0.2) is 0 Å². The van der Waals surface area contributed by atoms with Crippen LogP contribution in [-0.4, -0.2) is 30.5 Å². The fourth-order valence-electron chi connectivity index (χ4n) is 2.65. The van der Waals surface area contributed by atoms with Gasteiger partial charge in [0, 0.05) is 25.1 Å². The monoisotopic (exact) mass is 347 g/mol. The van der Waals surface area contributed by atoms with Crippen molar-refractivity contribution in [3.63, 3.8) is 0 Å². The number of carbonyl (C=O) groups excluding carboxylic acids is 2. The highest BCUT2D eigenvalue weighted by Gasteiger charge is 2.13. The zero-order valence-corrected chi connectivity index (χ0v) is 15.0. The van der Waals surface area contributed by atoms with Crippen molar-refractivity contribution >= 4 is 11.9 Å². The third-order valence-corrected chi connectivity index (χ3v) is 4.13. The number of nitriles is 1. The molecule has 0 fully saturated rings. The molecule has 0 saturated carbocycles. The number of pyridine rings is 1. The molecule has 0 unspecified atom stereocenters. The maximum Gasteiger partial charge on any atom is 0.305 e. The zero-order chi connectivity index (χ0) is 18.8. The highest BCUT2D eigenvalue weighted by atomic mass is 16.5. The lowest BCUT2D eigenvalue weighted by molar-refractivity contribution is -0.140. The second kappa shape index (κ2) is 10.3. The molecule has 1 amide bonds. The van der Waals surface area contributed by atoms with E-state index >= 15 is 0 Å². The number of methoxy groups -OCH3 is 1. The van der Waals surface area contributed by atoms with E-state index < -0.39 is 5.56 Å². The molecule has 0 aliphatic heterocycles. The van der Waals surface area contributed by atoms with Gasteiger partial charge in [0.1, 0.15) is 11.6 Å². The van der Waals surface area contributed by atoms with Crippen LogP contribution in [0.15, 0.2) is 4.79 Å². The van der Waals surface area contributed by atoms with Gasteiger partial charge < -0.3 is 15.0 Å². The molecule has 7 nitrogen and oxygen atoms in total. The molecular formula is C18H25N3O4. The van der Waals surface area contributed by atoms with Gasteiger partial charge in [0.05, 0.1) is 7.11 Å². The van der Waals surface area contributed by atoms with Gasteiger partial charge in [-0.15, -0.1) is 0 Å². The van der Waals surface area contributed by atoms with E-state index in [-0.39, 0.29) is 17.4 Å². The molecule has 0 saturated heterocycles. The van der Waals surface area contributed by atoms with Gasteiger partial charge in [0.2, 0.25) is 5.91 Å². The van der Waals surface area contributed by atoms with Crippen molar-refractivity contribution in [1.29, 1.82) is 5.26 Å². The van der Waals surface area contributed by atoms with Crippen LogP contribution in [0, 0.1) is 25.2 Å². The Morgan fingerprint density at radius 1 is 1.20 bits per heavy atom. The second-order valence-corrected chi connectivity index (χ2v) is 5.91. The highest BCUT2D eigenvalue weighted by Crippen LogP contribution is 2.14. The number of hydrogen-bond donors (Lipinski definition) is 2. The minimum absolute atomic E-state index is 0.0727. The number of amides is 1. The van der Waals surface area contributed by atoms with Crippen molar-refractivity contribution in [2.45, 2.75) is 52.4 Å². The number of aromatic nitrogens is 1. The third kappa shape index (κ3) is 6.42. The predicted molar refractivity (Wildman–Crippen MR) is 93.1 cm³/mol. The zero-order valence-electron chi connectivity index (χ0n) is 15.0. The molecule has 1 heterocycles. The van der Waals surface area contributed by atoms with Crippen molar-refractivity contribution in [3.05, 3.63) is 32.7 Å². The van der Waals surface area contributed by atoms with Crippen LogP contribution in [-0.2, 0) is 20.7 Å². The summed E-state index contributed by atoms with van der Waals surface area (Å²) in [6, 6.07) is 1.91. The van der Waals surface area contributed by atoms with Crippen LogP contribution < -0.4 is 10.9 Å². The molecule has 136 valence electrons. The fraction of sp³-hybridized carbons (Fsp3) is 0.556. The van der Waals surface area contributed by atoms with Gasteiger partial charge in [-0.3, -0.25) is 14.4 Å². The van der Waals surface area contributed by atoms with Crippen LogP contribution in [0.1, 0.15) is 54.5 Å². The minimum atomic E-state index is -0.391. The van der Waals surface area contributed by atoms with Crippen LogP contribution in [0.25, 0.3) is 0 Å². The Balaban J connectivity index is 2.39. The van der Waals surface area contributed by atoms with Gasteiger partial charge in [-0.2, -0.15) is 5.26 Å². The number of aryl methyl sites for hydroxylation is 1. The Kier molecular flexibility index (Phi) is 8.40. The molecule has 25 heavy (non-hydrogen) atoms. The summed E-state index contributed by atoms with van der Waals surface area (Å²) in [6.07, 6.45) is 3.56. The first kappa shape index (κ1) is 20.4. The van der Waals surface area contributed by atoms with E-state index in [1.807, 2.05) is 6.07 Å². The molecule has 1 rings (SSSR count). The molecule has 0 radical (unpaired) electrons. The van der Waals surface area contributed by atoms with Crippen LogP contribution in [0.4, 0.5) is 0 Å². The topological polar surface area (TPSA) is 112 Å². The first-order chi connectivity index (χ1) is 11.9. The number of nitrogens with one attached hydrogen (secondary N) is 2. The average Bonchev–Trinajstić information content (AvgIpc) is 2.57. The number of esters is 1. The predicted octanol–water partition coefficient (Wildman–Crippen LogP) is 1.65. The van der Waals surface area contributed by atoms with E-state index in [0.717, 1.165) is 24.8 Å². The molecular weight excluding hydrogens is 322 g/mol. The summed E-state index contributed by atoms with van der Waals surface area (Å²) < 4.78 is 4.56. The highest BCUT2D eigenvalue weighted by molar-refractivity contribution is 5.76. The fourth-order valence-corrected chi connectivity index (χ4v) is 2.65. The minimum Gasteiger partial charge on any atom is -0.469 e. The molecule has 0 aliphatic rings. The lowest BCUT2D eigenvalue weighted by Gasteiger charge is -2.11. The second-order valence-electron chi connectivity index (χ2n) is 5.91. The summed E-state index contributed by atoms with van der Waals surface area (Å²) >= 11 is 0. The first-order valence-electron chi connectivity index (χ1n) is 8.36. The SMILES string of the molecule is COC(=O)CCCCCNC(=O)CCc1c(C)[nH]c(=O)c(C#N)c1C. The molecule has 0 bridgehead atoms. The van der Waals surface area contributed by atoms with Crippen LogP contribution in [0.3, 0.4) is 0 Å². The Labute approximate surface area is 147 Å². The van der Waals surface area contributed by atoms with E-state index in [4.69, 9.17) is 5.26 Å². The molecule has 0 atom stereocenters. The van der Waals surface area contributed by atoms with Gasteiger partial charge in [0.25, 0.3) is 5.56 Å². The maximum absolute atomic E-state index is 11.9. The Morgan fingerprint density at radius 2 is 1.92 bits per heavy atom. The summed E-state index contributed by atoms with van der Waals surface area (Å²) in [5.74, 6) is -0.288. The summed E-state index contributed by atoms with van der Waals surface area (Å²) in [5, 5.41) is 11.9. The molecule has 0 spiro atoms. The van der Waals surface area contributed by atoms with Gasteiger partial charge in [-0.05, 0) is 44.2 Å². The van der Waals surface area contributed by atoms with E-state index in [1.54, 1.807) is 13.8 Å². The molecule has 2 N–H and O–H groups in total. The lowest BCUT2D eigenvalue weighted by Crippen LogP contribution is -2.25. The lowest BCUT2D eigenvalue weighted by atomic mass is 9.99. The number of unbranched alkanes of at least 4 members (excludes halogenated alkanes) is 2. The van der Waals surface area contributed by atoms with Crippen molar-refractivity contribution in [2.75, 3.05) is 13.7 Å². The number of nitrogens with zero attached hydrogens (tertiary/aromatic N) is 1. The van der Waals surface area contributed by atoms with Crippen molar-refractivity contribution in [2.24, 2.45) is 0 Å². The maximum atomic E-state index is 11.9. The number of aromatic amines is 1.